The van der Waals surface area contributed by atoms with E-state index >= 15 is 0 Å². The molecular weight excluding hydrogens is 352 g/mol. The number of anilines is 2. The normalized spacial score (nSPS) is 10.9. The van der Waals surface area contributed by atoms with E-state index < -0.39 is 5.97 Å². The quantitative estimate of drug-likeness (QED) is 0.494. The summed E-state index contributed by atoms with van der Waals surface area (Å²) in [4.78, 5) is 24.6. The van der Waals surface area contributed by atoms with Crippen molar-refractivity contribution in [3.05, 3.63) is 78.8 Å². The first-order valence-electron chi connectivity index (χ1n) is 8.56. The van der Waals surface area contributed by atoms with Gasteiger partial charge in [0.2, 0.25) is 0 Å². The van der Waals surface area contributed by atoms with Crippen molar-refractivity contribution in [3.63, 3.8) is 0 Å². The number of carbonyl (C=O) groups is 1. The first-order chi connectivity index (χ1) is 13.7. The molecule has 0 radical (unpaired) electrons. The van der Waals surface area contributed by atoms with Gasteiger partial charge < -0.3 is 10.4 Å². The van der Waals surface area contributed by atoms with Gasteiger partial charge in [-0.05, 0) is 36.4 Å². The van der Waals surface area contributed by atoms with E-state index in [1.54, 1.807) is 18.6 Å². The molecule has 0 aliphatic heterocycles. The number of aromatic nitrogens is 3. The fourth-order valence-corrected chi connectivity index (χ4v) is 3.26. The molecule has 0 aliphatic rings. The Kier molecular flexibility index (Phi) is 3.53. The summed E-state index contributed by atoms with van der Waals surface area (Å²) in [7, 11) is 0. The zero-order valence-corrected chi connectivity index (χ0v) is 14.5. The number of pyridine rings is 3. The lowest BCUT2D eigenvalue weighted by molar-refractivity contribution is 0.0697. The summed E-state index contributed by atoms with van der Waals surface area (Å²) < 4.78 is 0. The van der Waals surface area contributed by atoms with E-state index in [1.807, 2.05) is 36.4 Å². The molecule has 5 aromatic rings. The van der Waals surface area contributed by atoms with Crippen LogP contribution in [0.4, 0.5) is 11.5 Å². The van der Waals surface area contributed by atoms with Gasteiger partial charge in [-0.25, -0.2) is 9.78 Å². The summed E-state index contributed by atoms with van der Waals surface area (Å²) >= 11 is 0. The van der Waals surface area contributed by atoms with Crippen LogP contribution in [0.2, 0.25) is 0 Å². The number of nitrogens with one attached hydrogen (secondary N) is 1. The molecule has 132 valence electrons. The number of carboxylic acids is 1. The second-order valence-electron chi connectivity index (χ2n) is 6.26. The van der Waals surface area contributed by atoms with E-state index in [0.717, 1.165) is 27.4 Å². The van der Waals surface area contributed by atoms with Gasteiger partial charge in [0.25, 0.3) is 0 Å². The molecule has 0 bridgehead atoms. The molecule has 28 heavy (non-hydrogen) atoms. The highest BCUT2D eigenvalue weighted by atomic mass is 16.4. The summed E-state index contributed by atoms with van der Waals surface area (Å²) in [6.45, 7) is 0. The lowest BCUT2D eigenvalue weighted by Gasteiger charge is -2.12. The summed E-state index contributed by atoms with van der Waals surface area (Å²) in [6.07, 6.45) is 5.17. The highest BCUT2D eigenvalue weighted by molar-refractivity contribution is 6.11. The second-order valence-corrected chi connectivity index (χ2v) is 6.26. The smallest absolute Gasteiger partial charge is 0.344 e. The van der Waals surface area contributed by atoms with E-state index in [-0.39, 0.29) is 5.56 Å². The summed E-state index contributed by atoms with van der Waals surface area (Å²) in [5, 5.41) is 16.0. The Morgan fingerprint density at radius 3 is 2.79 bits per heavy atom. The highest BCUT2D eigenvalue weighted by Crippen LogP contribution is 2.31. The van der Waals surface area contributed by atoms with Crippen LogP contribution < -0.4 is 5.32 Å². The number of aromatic carboxylic acids is 1. The maximum Gasteiger partial charge on any atom is 0.344 e. The minimum atomic E-state index is -1.07. The maximum atomic E-state index is 11.3. The third-order valence-electron chi connectivity index (χ3n) is 4.57. The topological polar surface area (TPSA) is 88.0 Å². The van der Waals surface area contributed by atoms with Crippen LogP contribution in [-0.2, 0) is 0 Å². The van der Waals surface area contributed by atoms with Gasteiger partial charge in [-0.2, -0.15) is 0 Å². The molecular formula is C22H12N4O2. The van der Waals surface area contributed by atoms with Crippen LogP contribution >= 0.6 is 0 Å². The van der Waals surface area contributed by atoms with Gasteiger partial charge in [0.15, 0.2) is 0 Å². The Morgan fingerprint density at radius 1 is 0.964 bits per heavy atom. The van der Waals surface area contributed by atoms with Crippen LogP contribution in [0.25, 0.3) is 32.6 Å². The Balaban J connectivity index is 1.76. The average molecular weight is 364 g/mol. The first-order valence-corrected chi connectivity index (χ1v) is 8.56. The molecule has 3 aromatic heterocycles. The predicted octanol–water partition coefficient (Wildman–Crippen LogP) is 4.37. The molecule has 0 fully saturated rings. The molecule has 0 saturated carbocycles. The van der Waals surface area contributed by atoms with Crippen LogP contribution in [-0.4, -0.2) is 26.0 Å². The highest BCUT2D eigenvalue weighted by Gasteiger charge is 2.12. The van der Waals surface area contributed by atoms with Crippen molar-refractivity contribution in [2.45, 2.75) is 0 Å². The fourth-order valence-electron chi connectivity index (χ4n) is 3.26. The van der Waals surface area contributed by atoms with E-state index in [0.29, 0.717) is 16.7 Å². The zero-order chi connectivity index (χ0) is 19.1. The van der Waals surface area contributed by atoms with Crippen LogP contribution in [0.5, 0.6) is 0 Å². The largest absolute Gasteiger partial charge is 0.477 e. The third kappa shape index (κ3) is 2.54. The van der Waals surface area contributed by atoms with Crippen LogP contribution in [0, 0.1) is 12.1 Å². The minimum Gasteiger partial charge on any atom is -0.477 e. The number of hydrogen-bond donors (Lipinski definition) is 2. The van der Waals surface area contributed by atoms with E-state index in [1.165, 1.54) is 6.07 Å². The van der Waals surface area contributed by atoms with Crippen molar-refractivity contribution in [2.75, 3.05) is 5.32 Å². The zero-order valence-electron chi connectivity index (χ0n) is 14.5. The van der Waals surface area contributed by atoms with Crippen molar-refractivity contribution >= 4 is 50.1 Å². The first kappa shape index (κ1) is 16.0. The SMILES string of the molecule is O=C(O)c1c#cc2c(c1)nc(Nc1cccc3ncccc13)c1ccncc12. The van der Waals surface area contributed by atoms with Gasteiger partial charge in [0.05, 0.1) is 16.4 Å². The van der Waals surface area contributed by atoms with Crippen molar-refractivity contribution in [1.82, 2.24) is 15.0 Å². The molecule has 2 aromatic carbocycles. The van der Waals surface area contributed by atoms with Gasteiger partial charge in [0.1, 0.15) is 11.4 Å². The molecule has 0 aliphatic carbocycles. The van der Waals surface area contributed by atoms with Crippen LogP contribution in [0.15, 0.2) is 61.1 Å². The monoisotopic (exact) mass is 364 g/mol. The van der Waals surface area contributed by atoms with Gasteiger partial charge in [-0.1, -0.05) is 18.2 Å². The number of benzene rings is 1. The minimum absolute atomic E-state index is 0.0172. The van der Waals surface area contributed by atoms with Crippen molar-refractivity contribution in [2.24, 2.45) is 0 Å². The van der Waals surface area contributed by atoms with E-state index in [9.17, 15) is 9.90 Å². The van der Waals surface area contributed by atoms with Gasteiger partial charge in [-0.15, -0.1) is 0 Å². The van der Waals surface area contributed by atoms with Crippen molar-refractivity contribution < 1.29 is 9.90 Å². The Labute approximate surface area is 159 Å². The Morgan fingerprint density at radius 2 is 1.89 bits per heavy atom. The summed E-state index contributed by atoms with van der Waals surface area (Å²) in [6, 6.07) is 18.7. The molecule has 0 spiro atoms. The number of carboxylic acid groups (broad SMARTS) is 1. The van der Waals surface area contributed by atoms with Crippen molar-refractivity contribution in [1.29, 1.82) is 0 Å². The summed E-state index contributed by atoms with van der Waals surface area (Å²) in [5.41, 5.74) is 2.26. The molecule has 0 atom stereocenters. The van der Waals surface area contributed by atoms with Gasteiger partial charge in [0, 0.05) is 40.4 Å². The molecule has 3 heterocycles. The van der Waals surface area contributed by atoms with Crippen molar-refractivity contribution in [3.8, 4) is 0 Å². The lowest BCUT2D eigenvalue weighted by Crippen LogP contribution is -1.99. The fraction of sp³-hybridized carbons (Fsp3) is 0. The molecule has 0 unspecified atom stereocenters. The molecule has 2 N–H and O–H groups in total. The standard InChI is InChI=1S/C22H12N4O2/c27-22(28)13-6-7-14-17-12-23-10-8-15(17)21(26-20(14)11-13)25-19-5-1-4-18-16(19)3-2-9-24-18/h1-5,8-12H,(H,25,26)(H,27,28). The van der Waals surface area contributed by atoms with Crippen LogP contribution in [0.3, 0.4) is 0 Å². The molecule has 0 amide bonds. The number of fused-ring (bicyclic) bond motifs is 4. The summed E-state index contributed by atoms with van der Waals surface area (Å²) in [5.74, 6) is -0.460. The Hall–Kier alpha value is -4.24. The van der Waals surface area contributed by atoms with Gasteiger partial charge >= 0.3 is 5.97 Å². The maximum absolute atomic E-state index is 11.3. The molecule has 6 heteroatoms. The van der Waals surface area contributed by atoms with E-state index in [2.05, 4.69) is 32.4 Å². The molecule has 5 rings (SSSR count). The van der Waals surface area contributed by atoms with Crippen LogP contribution in [0.1, 0.15) is 10.4 Å². The lowest BCUT2D eigenvalue weighted by atomic mass is 10.1. The number of hydrogen-bond acceptors (Lipinski definition) is 5. The van der Waals surface area contributed by atoms with E-state index in [4.69, 9.17) is 0 Å². The average Bonchev–Trinajstić information content (AvgIpc) is 2.73. The number of rotatable bonds is 3. The third-order valence-corrected chi connectivity index (χ3v) is 4.57. The number of nitrogens with zero attached hydrogens (tertiary/aromatic N) is 3. The second kappa shape index (κ2) is 6.18. The van der Waals surface area contributed by atoms with Gasteiger partial charge in [-0.3, -0.25) is 9.97 Å². The Bertz CT molecular complexity index is 1380. The molecule has 0 saturated heterocycles. The molecule has 6 nitrogen and oxygen atoms in total. The predicted molar refractivity (Wildman–Crippen MR) is 107 cm³/mol.